The highest BCUT2D eigenvalue weighted by molar-refractivity contribution is 6.31. The normalized spacial score (nSPS) is 10.2. The molecule has 1 aromatic heterocycles. The van der Waals surface area contributed by atoms with Gasteiger partial charge in [0.15, 0.2) is 0 Å². The molecule has 0 aliphatic carbocycles. The molecule has 5 heteroatoms. The Hall–Kier alpha value is -2.07. The summed E-state index contributed by atoms with van der Waals surface area (Å²) >= 11 is 5.93. The summed E-state index contributed by atoms with van der Waals surface area (Å²) in [5, 5.41) is 0.499. The Bertz CT molecular complexity index is 585. The van der Waals surface area contributed by atoms with Crippen LogP contribution >= 0.6 is 11.6 Å². The number of carbonyl (C=O) groups excluding carboxylic acids is 1. The third-order valence-electron chi connectivity index (χ3n) is 2.84. The van der Waals surface area contributed by atoms with Gasteiger partial charge in [0.1, 0.15) is 6.61 Å². The maximum absolute atomic E-state index is 11.7. The molecule has 0 unspecified atom stereocenters. The molecule has 104 valence electrons. The van der Waals surface area contributed by atoms with E-state index >= 15 is 0 Å². The van der Waals surface area contributed by atoms with E-state index in [1.54, 1.807) is 12.3 Å². The van der Waals surface area contributed by atoms with Crippen molar-refractivity contribution in [2.75, 3.05) is 5.73 Å². The monoisotopic (exact) mass is 290 g/mol. The van der Waals surface area contributed by atoms with E-state index in [2.05, 4.69) is 4.98 Å². The lowest BCUT2D eigenvalue weighted by molar-refractivity contribution is -0.144. The van der Waals surface area contributed by atoms with Crippen LogP contribution in [0.5, 0.6) is 0 Å². The number of esters is 1. The van der Waals surface area contributed by atoms with E-state index in [1.165, 1.54) is 6.20 Å². The molecular formula is C15H15ClN2O2. The fourth-order valence-electron chi connectivity index (χ4n) is 1.68. The van der Waals surface area contributed by atoms with Gasteiger partial charge in [0.25, 0.3) is 0 Å². The number of hydrogen-bond donors (Lipinski definition) is 1. The molecule has 2 rings (SSSR count). The molecule has 0 aliphatic rings. The van der Waals surface area contributed by atoms with Crippen molar-refractivity contribution in [2.24, 2.45) is 0 Å². The number of benzene rings is 1. The molecule has 0 bridgehead atoms. The minimum Gasteiger partial charge on any atom is -0.461 e. The van der Waals surface area contributed by atoms with Crippen LogP contribution < -0.4 is 5.73 Å². The summed E-state index contributed by atoms with van der Waals surface area (Å²) in [5.41, 5.74) is 8.12. The highest BCUT2D eigenvalue weighted by Gasteiger charge is 2.06. The molecule has 2 N–H and O–H groups in total. The number of nitrogen functional groups attached to an aromatic ring is 1. The Balaban J connectivity index is 1.78. The quantitative estimate of drug-likeness (QED) is 0.679. The van der Waals surface area contributed by atoms with Crippen LogP contribution in [0.1, 0.15) is 17.5 Å². The van der Waals surface area contributed by atoms with E-state index in [1.807, 2.05) is 24.3 Å². The fraction of sp³-hybridized carbons (Fsp3) is 0.200. The summed E-state index contributed by atoms with van der Waals surface area (Å²) < 4.78 is 5.18. The SMILES string of the molecule is Nc1ccc(CCC(=O)OCc2ccncc2Cl)cc1. The minimum absolute atomic E-state index is 0.169. The molecular weight excluding hydrogens is 276 g/mol. The van der Waals surface area contributed by atoms with Crippen molar-refractivity contribution in [2.45, 2.75) is 19.4 Å². The van der Waals surface area contributed by atoms with Gasteiger partial charge >= 0.3 is 5.97 Å². The second-order valence-electron chi connectivity index (χ2n) is 4.37. The first kappa shape index (κ1) is 14.3. The number of aryl methyl sites for hydroxylation is 1. The number of hydrogen-bond acceptors (Lipinski definition) is 4. The Morgan fingerprint density at radius 2 is 2.00 bits per heavy atom. The van der Waals surface area contributed by atoms with Crippen LogP contribution in [0.4, 0.5) is 5.69 Å². The number of ether oxygens (including phenoxy) is 1. The summed E-state index contributed by atoms with van der Waals surface area (Å²) in [7, 11) is 0. The Kier molecular flexibility index (Phi) is 4.96. The average Bonchev–Trinajstić information content (AvgIpc) is 2.46. The molecule has 2 aromatic rings. The van der Waals surface area contributed by atoms with E-state index in [4.69, 9.17) is 22.1 Å². The van der Waals surface area contributed by atoms with E-state index < -0.39 is 0 Å². The van der Waals surface area contributed by atoms with Gasteiger partial charge in [-0.15, -0.1) is 0 Å². The molecule has 4 nitrogen and oxygen atoms in total. The van der Waals surface area contributed by atoms with Crippen molar-refractivity contribution < 1.29 is 9.53 Å². The number of nitrogens with two attached hydrogens (primary N) is 1. The van der Waals surface area contributed by atoms with Crippen LogP contribution in [0.15, 0.2) is 42.7 Å². The molecule has 0 aliphatic heterocycles. The van der Waals surface area contributed by atoms with Crippen molar-refractivity contribution in [3.8, 4) is 0 Å². The summed E-state index contributed by atoms with van der Waals surface area (Å²) in [6.07, 6.45) is 4.10. The number of rotatable bonds is 5. The standard InChI is InChI=1S/C15H15ClN2O2/c16-14-9-18-8-7-12(14)10-20-15(19)6-3-11-1-4-13(17)5-2-11/h1-2,4-5,7-9H,3,6,10,17H2. The molecule has 0 saturated carbocycles. The number of carbonyl (C=O) groups is 1. The maximum atomic E-state index is 11.7. The van der Waals surface area contributed by atoms with Gasteiger partial charge in [-0.25, -0.2) is 0 Å². The van der Waals surface area contributed by atoms with Crippen LogP contribution in [0.2, 0.25) is 5.02 Å². The lowest BCUT2D eigenvalue weighted by atomic mass is 10.1. The zero-order valence-electron chi connectivity index (χ0n) is 10.9. The van der Waals surface area contributed by atoms with Gasteiger partial charge in [-0.1, -0.05) is 23.7 Å². The van der Waals surface area contributed by atoms with E-state index in [0.29, 0.717) is 23.6 Å². The molecule has 1 heterocycles. The highest BCUT2D eigenvalue weighted by atomic mass is 35.5. The molecule has 0 saturated heterocycles. The lowest BCUT2D eigenvalue weighted by Gasteiger charge is -2.06. The largest absolute Gasteiger partial charge is 0.461 e. The number of pyridine rings is 1. The van der Waals surface area contributed by atoms with Gasteiger partial charge < -0.3 is 10.5 Å². The van der Waals surface area contributed by atoms with Gasteiger partial charge in [-0.3, -0.25) is 9.78 Å². The Morgan fingerprint density at radius 3 is 2.70 bits per heavy atom. The third-order valence-corrected chi connectivity index (χ3v) is 3.18. The van der Waals surface area contributed by atoms with E-state index in [-0.39, 0.29) is 12.6 Å². The van der Waals surface area contributed by atoms with E-state index in [9.17, 15) is 4.79 Å². The predicted molar refractivity (Wildman–Crippen MR) is 78.2 cm³/mol. The first-order valence-corrected chi connectivity index (χ1v) is 6.61. The van der Waals surface area contributed by atoms with Gasteiger partial charge in [0, 0.05) is 30.1 Å². The van der Waals surface area contributed by atoms with Gasteiger partial charge in [0.05, 0.1) is 5.02 Å². The van der Waals surface area contributed by atoms with Crippen LogP contribution in [-0.4, -0.2) is 11.0 Å². The van der Waals surface area contributed by atoms with E-state index in [0.717, 1.165) is 11.1 Å². The first-order valence-electron chi connectivity index (χ1n) is 6.23. The summed E-state index contributed by atoms with van der Waals surface area (Å²) in [4.78, 5) is 15.5. The van der Waals surface area contributed by atoms with Crippen LogP contribution in [0.3, 0.4) is 0 Å². The van der Waals surface area contributed by atoms with Crippen molar-refractivity contribution in [3.05, 3.63) is 58.9 Å². The summed E-state index contributed by atoms with van der Waals surface area (Å²) in [6, 6.07) is 9.18. The molecule has 0 atom stereocenters. The lowest BCUT2D eigenvalue weighted by Crippen LogP contribution is -2.06. The molecule has 0 radical (unpaired) electrons. The minimum atomic E-state index is -0.255. The number of aromatic nitrogens is 1. The third kappa shape index (κ3) is 4.24. The van der Waals surface area contributed by atoms with Crippen molar-refractivity contribution in [1.29, 1.82) is 0 Å². The molecule has 0 amide bonds. The molecule has 0 fully saturated rings. The highest BCUT2D eigenvalue weighted by Crippen LogP contribution is 2.15. The molecule has 0 spiro atoms. The smallest absolute Gasteiger partial charge is 0.306 e. The maximum Gasteiger partial charge on any atom is 0.306 e. The van der Waals surface area contributed by atoms with Crippen LogP contribution in [-0.2, 0) is 22.6 Å². The zero-order valence-corrected chi connectivity index (χ0v) is 11.6. The predicted octanol–water partition coefficient (Wildman–Crippen LogP) is 2.99. The van der Waals surface area contributed by atoms with Gasteiger partial charge in [-0.05, 0) is 30.2 Å². The van der Waals surface area contributed by atoms with Crippen LogP contribution in [0, 0.1) is 0 Å². The Labute approximate surface area is 122 Å². The molecule has 20 heavy (non-hydrogen) atoms. The topological polar surface area (TPSA) is 65.2 Å². The Morgan fingerprint density at radius 1 is 1.25 bits per heavy atom. The van der Waals surface area contributed by atoms with Gasteiger partial charge in [0.2, 0.25) is 0 Å². The molecule has 1 aromatic carbocycles. The number of halogens is 1. The van der Waals surface area contributed by atoms with Gasteiger partial charge in [-0.2, -0.15) is 0 Å². The second-order valence-corrected chi connectivity index (χ2v) is 4.78. The summed E-state index contributed by atoms with van der Waals surface area (Å²) in [6.45, 7) is 0.169. The number of nitrogens with zero attached hydrogens (tertiary/aromatic N) is 1. The van der Waals surface area contributed by atoms with Crippen LogP contribution in [0.25, 0.3) is 0 Å². The fourth-order valence-corrected chi connectivity index (χ4v) is 1.86. The van der Waals surface area contributed by atoms with Crippen molar-refractivity contribution in [3.63, 3.8) is 0 Å². The summed E-state index contributed by atoms with van der Waals surface area (Å²) in [5.74, 6) is -0.255. The first-order chi connectivity index (χ1) is 9.65. The van der Waals surface area contributed by atoms with Crippen molar-refractivity contribution >= 4 is 23.3 Å². The van der Waals surface area contributed by atoms with Crippen molar-refractivity contribution in [1.82, 2.24) is 4.98 Å². The zero-order chi connectivity index (χ0) is 14.4. The number of anilines is 1. The second kappa shape index (κ2) is 6.91. The average molecular weight is 291 g/mol.